The van der Waals surface area contributed by atoms with E-state index in [2.05, 4.69) is 16.4 Å². The molecule has 3 rings (SSSR count). The molecule has 0 aliphatic carbocycles. The highest BCUT2D eigenvalue weighted by Gasteiger charge is 2.24. The van der Waals surface area contributed by atoms with Crippen molar-refractivity contribution in [1.29, 1.82) is 5.26 Å². The molecule has 1 aliphatic rings. The summed E-state index contributed by atoms with van der Waals surface area (Å²) in [7, 11) is 0. The number of hydrogen-bond acceptors (Lipinski definition) is 7. The second-order valence-electron chi connectivity index (χ2n) is 6.77. The van der Waals surface area contributed by atoms with Gasteiger partial charge in [0.15, 0.2) is 0 Å². The molecule has 1 unspecified atom stereocenters. The maximum Gasteiger partial charge on any atom is 0.144 e. The Labute approximate surface area is 158 Å². The zero-order chi connectivity index (χ0) is 19.4. The van der Waals surface area contributed by atoms with Crippen LogP contribution < -0.4 is 9.75 Å². The first-order valence-electron chi connectivity index (χ1n) is 8.85. The van der Waals surface area contributed by atoms with Crippen molar-refractivity contribution in [1.82, 2.24) is 0 Å². The average molecular weight is 366 g/mol. The molecule has 0 saturated heterocycles. The van der Waals surface area contributed by atoms with Crippen LogP contribution in [0.4, 0.5) is 5.69 Å². The van der Waals surface area contributed by atoms with Gasteiger partial charge in [-0.3, -0.25) is 0 Å². The number of anilines is 1. The Morgan fingerprint density at radius 1 is 1.26 bits per heavy atom. The highest BCUT2D eigenvalue weighted by atomic mass is 16.5. The van der Waals surface area contributed by atoms with Gasteiger partial charge in [-0.25, -0.2) is 5.01 Å². The van der Waals surface area contributed by atoms with E-state index in [4.69, 9.17) is 10.00 Å². The van der Waals surface area contributed by atoms with Crippen molar-refractivity contribution in [3.05, 3.63) is 47.5 Å². The van der Waals surface area contributed by atoms with Crippen LogP contribution in [0.1, 0.15) is 37.3 Å². The van der Waals surface area contributed by atoms with Crippen LogP contribution in [0.2, 0.25) is 0 Å². The summed E-state index contributed by atoms with van der Waals surface area (Å²) in [5, 5.41) is 39.1. The summed E-state index contributed by atoms with van der Waals surface area (Å²) in [6.45, 7) is 4.92. The van der Waals surface area contributed by atoms with E-state index in [0.717, 1.165) is 5.56 Å². The molecular weight excluding hydrogens is 344 g/mol. The zero-order valence-electron chi connectivity index (χ0n) is 15.3. The number of ether oxygens (including phenoxy) is 1. The van der Waals surface area contributed by atoms with E-state index in [9.17, 15) is 10.2 Å². The van der Waals surface area contributed by atoms with Crippen LogP contribution in [-0.4, -0.2) is 29.4 Å². The molecule has 2 N–H and O–H groups in total. The number of nitrogens with zero attached hydrogens (tertiary/aromatic N) is 4. The number of phenolic OH excluding ortho intramolecular Hbond substituents is 2. The number of aromatic hydroxyl groups is 2. The molecule has 2 aromatic carbocycles. The van der Waals surface area contributed by atoms with Gasteiger partial charge in [-0.2, -0.15) is 10.4 Å². The van der Waals surface area contributed by atoms with E-state index >= 15 is 0 Å². The molecule has 27 heavy (non-hydrogen) atoms. The summed E-state index contributed by atoms with van der Waals surface area (Å²) in [6.07, 6.45) is 0.659. The van der Waals surface area contributed by atoms with Gasteiger partial charge in [0.05, 0.1) is 30.8 Å². The normalized spacial score (nSPS) is 15.9. The smallest absolute Gasteiger partial charge is 0.144 e. The molecule has 1 aliphatic heterocycles. The molecule has 7 nitrogen and oxygen atoms in total. The van der Waals surface area contributed by atoms with Gasteiger partial charge in [-0.05, 0) is 35.7 Å². The van der Waals surface area contributed by atoms with Gasteiger partial charge >= 0.3 is 0 Å². The van der Waals surface area contributed by atoms with Crippen LogP contribution in [0.25, 0.3) is 0 Å². The fourth-order valence-corrected chi connectivity index (χ4v) is 2.92. The number of hydrogen-bond donors (Lipinski definition) is 2. The van der Waals surface area contributed by atoms with Crippen molar-refractivity contribution >= 4 is 5.69 Å². The minimum Gasteiger partial charge on any atom is -0.508 e. The van der Waals surface area contributed by atoms with E-state index in [-0.39, 0.29) is 23.5 Å². The van der Waals surface area contributed by atoms with Crippen molar-refractivity contribution in [2.75, 3.05) is 18.2 Å². The molecule has 0 amide bonds. The Morgan fingerprint density at radius 3 is 2.81 bits per heavy atom. The summed E-state index contributed by atoms with van der Waals surface area (Å²) >= 11 is 0. The van der Waals surface area contributed by atoms with Crippen molar-refractivity contribution < 1.29 is 14.9 Å². The van der Waals surface area contributed by atoms with Crippen molar-refractivity contribution in [3.8, 4) is 23.3 Å². The Hall–Kier alpha value is -3.27. The standard InChI is InChI=1S/C20H22N4O3/c1-13(2)17-9-18(20(26)10-19(17)25)24-12-15(22-23-24)6-7-27-16-5-3-4-14(8-16)11-21/h3-5,8-10,13,15,25-26H,6-7,12H2,1-2H3. The van der Waals surface area contributed by atoms with Crippen LogP contribution >= 0.6 is 0 Å². The third kappa shape index (κ3) is 4.29. The predicted octanol–water partition coefficient (Wildman–Crippen LogP) is 4.12. The SMILES string of the molecule is CC(C)c1cc(N2CC(CCOc3cccc(C#N)c3)N=N2)c(O)cc1O. The topological polar surface area (TPSA) is 101 Å². The maximum absolute atomic E-state index is 10.2. The fraction of sp³-hybridized carbons (Fsp3) is 0.350. The molecule has 140 valence electrons. The fourth-order valence-electron chi connectivity index (χ4n) is 2.92. The molecule has 0 saturated carbocycles. The molecule has 0 aromatic heterocycles. The lowest BCUT2D eigenvalue weighted by atomic mass is 10.0. The third-order valence-corrected chi connectivity index (χ3v) is 4.41. The summed E-state index contributed by atoms with van der Waals surface area (Å²) in [5.74, 6) is 0.823. The Bertz CT molecular complexity index is 889. The van der Waals surface area contributed by atoms with E-state index in [1.807, 2.05) is 19.9 Å². The molecule has 1 atom stereocenters. The number of benzene rings is 2. The number of rotatable bonds is 6. The lowest BCUT2D eigenvalue weighted by molar-refractivity contribution is 0.300. The largest absolute Gasteiger partial charge is 0.508 e. The van der Waals surface area contributed by atoms with Gasteiger partial charge in [0.2, 0.25) is 0 Å². The number of phenols is 2. The quantitative estimate of drug-likeness (QED) is 0.801. The summed E-state index contributed by atoms with van der Waals surface area (Å²) in [4.78, 5) is 0. The highest BCUT2D eigenvalue weighted by molar-refractivity contribution is 5.63. The van der Waals surface area contributed by atoms with E-state index in [0.29, 0.717) is 36.6 Å². The monoisotopic (exact) mass is 366 g/mol. The summed E-state index contributed by atoms with van der Waals surface area (Å²) < 4.78 is 5.69. The first-order valence-corrected chi connectivity index (χ1v) is 8.85. The molecular formula is C20H22N4O3. The van der Waals surface area contributed by atoms with Crippen molar-refractivity contribution in [2.45, 2.75) is 32.2 Å². The van der Waals surface area contributed by atoms with Crippen molar-refractivity contribution in [2.24, 2.45) is 10.3 Å². The Balaban J connectivity index is 1.59. The molecule has 0 radical (unpaired) electrons. The summed E-state index contributed by atoms with van der Waals surface area (Å²) in [6, 6.07) is 12.1. The summed E-state index contributed by atoms with van der Waals surface area (Å²) in [5.41, 5.74) is 1.84. The van der Waals surface area contributed by atoms with Gasteiger partial charge in [-0.1, -0.05) is 25.1 Å². The molecule has 0 bridgehead atoms. The second-order valence-corrected chi connectivity index (χ2v) is 6.77. The molecule has 2 aromatic rings. The van der Waals surface area contributed by atoms with Crippen LogP contribution in [0, 0.1) is 11.3 Å². The van der Waals surface area contributed by atoms with Crippen LogP contribution in [0.15, 0.2) is 46.7 Å². The van der Waals surface area contributed by atoms with Crippen molar-refractivity contribution in [3.63, 3.8) is 0 Å². The van der Waals surface area contributed by atoms with Gasteiger partial charge in [0, 0.05) is 12.5 Å². The average Bonchev–Trinajstić information content (AvgIpc) is 3.10. The van der Waals surface area contributed by atoms with Crippen LogP contribution in [0.5, 0.6) is 17.2 Å². The lowest BCUT2D eigenvalue weighted by Crippen LogP contribution is -2.22. The maximum atomic E-state index is 10.2. The van der Waals surface area contributed by atoms with E-state index in [1.54, 1.807) is 29.3 Å². The molecule has 7 heteroatoms. The molecule has 0 fully saturated rings. The van der Waals surface area contributed by atoms with Crippen LogP contribution in [-0.2, 0) is 0 Å². The van der Waals surface area contributed by atoms with Gasteiger partial charge in [-0.15, -0.1) is 0 Å². The minimum atomic E-state index is -0.0557. The third-order valence-electron chi connectivity index (χ3n) is 4.41. The Kier molecular flexibility index (Phi) is 5.46. The molecule has 1 heterocycles. The Morgan fingerprint density at radius 2 is 2.07 bits per heavy atom. The first kappa shape index (κ1) is 18.5. The van der Waals surface area contributed by atoms with E-state index < -0.39 is 0 Å². The zero-order valence-corrected chi connectivity index (χ0v) is 15.3. The highest BCUT2D eigenvalue weighted by Crippen LogP contribution is 2.38. The lowest BCUT2D eigenvalue weighted by Gasteiger charge is -2.18. The number of nitriles is 1. The predicted molar refractivity (Wildman–Crippen MR) is 101 cm³/mol. The van der Waals surface area contributed by atoms with Gasteiger partial charge in [0.1, 0.15) is 22.9 Å². The van der Waals surface area contributed by atoms with Crippen LogP contribution in [0.3, 0.4) is 0 Å². The first-order chi connectivity index (χ1) is 13.0. The molecule has 0 spiro atoms. The van der Waals surface area contributed by atoms with E-state index in [1.165, 1.54) is 6.07 Å². The minimum absolute atomic E-state index is 0.0268. The second kappa shape index (κ2) is 7.96. The van der Waals surface area contributed by atoms with Gasteiger partial charge < -0.3 is 14.9 Å². The van der Waals surface area contributed by atoms with Gasteiger partial charge in [0.25, 0.3) is 0 Å².